The van der Waals surface area contributed by atoms with Crippen molar-refractivity contribution in [3.63, 3.8) is 0 Å². The third kappa shape index (κ3) is 4.05. The van der Waals surface area contributed by atoms with Gasteiger partial charge in [0.15, 0.2) is 9.84 Å². The zero-order chi connectivity index (χ0) is 13.1. The number of sulfone groups is 1. The average molecular weight is 296 g/mol. The summed E-state index contributed by atoms with van der Waals surface area (Å²) < 4.78 is 23.1. The Balaban J connectivity index is 2.61. The Morgan fingerprint density at radius 2 is 1.94 bits per heavy atom. The van der Waals surface area contributed by atoms with Crippen LogP contribution in [0.3, 0.4) is 0 Å². The highest BCUT2D eigenvalue weighted by molar-refractivity contribution is 7.92. The SMILES string of the molecule is CC(C)S(=O)(=O)CCNc1cccc(Cl)c1Cl. The Bertz CT molecular complexity index is 486. The van der Waals surface area contributed by atoms with Crippen LogP contribution in [0, 0.1) is 0 Å². The molecule has 1 aromatic rings. The van der Waals surface area contributed by atoms with Crippen molar-refractivity contribution in [1.82, 2.24) is 0 Å². The molecule has 0 saturated carbocycles. The van der Waals surface area contributed by atoms with E-state index in [4.69, 9.17) is 23.2 Å². The molecule has 0 fully saturated rings. The molecule has 96 valence electrons. The molecule has 1 N–H and O–H groups in total. The number of hydrogen-bond donors (Lipinski definition) is 1. The molecule has 0 aliphatic heterocycles. The van der Waals surface area contributed by atoms with Crippen LogP contribution in [0.4, 0.5) is 5.69 Å². The minimum atomic E-state index is -3.03. The van der Waals surface area contributed by atoms with Gasteiger partial charge in [0, 0.05) is 6.54 Å². The largest absolute Gasteiger partial charge is 0.383 e. The van der Waals surface area contributed by atoms with Gasteiger partial charge in [-0.15, -0.1) is 0 Å². The summed E-state index contributed by atoms with van der Waals surface area (Å²) in [5.41, 5.74) is 0.651. The van der Waals surface area contributed by atoms with E-state index in [-0.39, 0.29) is 11.0 Å². The highest BCUT2D eigenvalue weighted by Crippen LogP contribution is 2.29. The van der Waals surface area contributed by atoms with Crippen LogP contribution in [0.1, 0.15) is 13.8 Å². The smallest absolute Gasteiger partial charge is 0.154 e. The minimum Gasteiger partial charge on any atom is -0.383 e. The van der Waals surface area contributed by atoms with Crippen LogP contribution in [-0.4, -0.2) is 26.0 Å². The number of anilines is 1. The van der Waals surface area contributed by atoms with Crippen LogP contribution in [0.25, 0.3) is 0 Å². The average Bonchev–Trinajstić information content (AvgIpc) is 2.24. The second-order valence-corrected chi connectivity index (χ2v) is 7.41. The van der Waals surface area contributed by atoms with E-state index in [1.54, 1.807) is 32.0 Å². The fraction of sp³-hybridized carbons (Fsp3) is 0.455. The van der Waals surface area contributed by atoms with Gasteiger partial charge < -0.3 is 5.32 Å². The van der Waals surface area contributed by atoms with Gasteiger partial charge in [-0.3, -0.25) is 0 Å². The molecule has 0 aliphatic rings. The molecule has 0 amide bonds. The van der Waals surface area contributed by atoms with Crippen LogP contribution in [0.2, 0.25) is 10.0 Å². The van der Waals surface area contributed by atoms with Crippen molar-refractivity contribution in [1.29, 1.82) is 0 Å². The highest BCUT2D eigenvalue weighted by atomic mass is 35.5. The quantitative estimate of drug-likeness (QED) is 0.907. The summed E-state index contributed by atoms with van der Waals surface area (Å²) in [7, 11) is -3.03. The third-order valence-corrected chi connectivity index (χ3v) is 5.40. The standard InChI is InChI=1S/C11H15Cl2NO2S/c1-8(2)17(15,16)7-6-14-10-5-3-4-9(12)11(10)13/h3-5,8,14H,6-7H2,1-2H3. The van der Waals surface area contributed by atoms with Gasteiger partial charge in [0.1, 0.15) is 0 Å². The summed E-state index contributed by atoms with van der Waals surface area (Å²) in [6.07, 6.45) is 0. The lowest BCUT2D eigenvalue weighted by Crippen LogP contribution is -2.23. The number of hydrogen-bond acceptors (Lipinski definition) is 3. The van der Waals surface area contributed by atoms with Gasteiger partial charge in [-0.05, 0) is 26.0 Å². The molecule has 0 aromatic heterocycles. The maximum absolute atomic E-state index is 11.6. The van der Waals surface area contributed by atoms with E-state index < -0.39 is 9.84 Å². The molecule has 17 heavy (non-hydrogen) atoms. The summed E-state index contributed by atoms with van der Waals surface area (Å²) in [4.78, 5) is 0. The lowest BCUT2D eigenvalue weighted by Gasteiger charge is -2.11. The van der Waals surface area contributed by atoms with Gasteiger partial charge >= 0.3 is 0 Å². The highest BCUT2D eigenvalue weighted by Gasteiger charge is 2.15. The van der Waals surface area contributed by atoms with E-state index in [0.717, 1.165) is 0 Å². The fourth-order valence-electron chi connectivity index (χ4n) is 1.20. The molecule has 0 saturated heterocycles. The van der Waals surface area contributed by atoms with Crippen LogP contribution in [0.15, 0.2) is 18.2 Å². The third-order valence-electron chi connectivity index (χ3n) is 2.37. The molecule has 0 bridgehead atoms. The Kier molecular flexibility index (Phi) is 5.10. The van der Waals surface area contributed by atoms with E-state index in [1.807, 2.05) is 0 Å². The van der Waals surface area contributed by atoms with Crippen LogP contribution < -0.4 is 5.32 Å². The first-order chi connectivity index (χ1) is 7.84. The maximum atomic E-state index is 11.6. The van der Waals surface area contributed by atoms with Crippen molar-refractivity contribution >= 4 is 38.7 Å². The Labute approximate surface area is 112 Å². The molecule has 3 nitrogen and oxygen atoms in total. The molecule has 1 aromatic carbocycles. The Morgan fingerprint density at radius 1 is 1.29 bits per heavy atom. The molecule has 0 heterocycles. The zero-order valence-electron chi connectivity index (χ0n) is 9.70. The van der Waals surface area contributed by atoms with Crippen LogP contribution in [0.5, 0.6) is 0 Å². The van der Waals surface area contributed by atoms with Crippen LogP contribution in [-0.2, 0) is 9.84 Å². The molecule has 0 aliphatic carbocycles. The van der Waals surface area contributed by atoms with Crippen molar-refractivity contribution in [3.05, 3.63) is 28.2 Å². The number of benzene rings is 1. The van der Waals surface area contributed by atoms with Gasteiger partial charge in [-0.2, -0.15) is 0 Å². The van der Waals surface area contributed by atoms with Gasteiger partial charge in [-0.1, -0.05) is 29.3 Å². The summed E-state index contributed by atoms with van der Waals surface area (Å²) in [5, 5.41) is 3.47. The number of halogens is 2. The summed E-state index contributed by atoms with van der Waals surface area (Å²) in [5.74, 6) is 0.0769. The Morgan fingerprint density at radius 3 is 2.53 bits per heavy atom. The molecule has 0 unspecified atom stereocenters. The second-order valence-electron chi connectivity index (χ2n) is 3.94. The summed E-state index contributed by atoms with van der Waals surface area (Å²) in [6, 6.07) is 5.20. The second kappa shape index (κ2) is 5.94. The monoisotopic (exact) mass is 295 g/mol. The predicted octanol–water partition coefficient (Wildman–Crippen LogP) is 3.23. The van der Waals surface area contributed by atoms with E-state index in [2.05, 4.69) is 5.32 Å². The molecular weight excluding hydrogens is 281 g/mol. The van der Waals surface area contributed by atoms with E-state index in [9.17, 15) is 8.42 Å². The van der Waals surface area contributed by atoms with Crippen molar-refractivity contribution in [2.75, 3.05) is 17.6 Å². The van der Waals surface area contributed by atoms with Crippen molar-refractivity contribution < 1.29 is 8.42 Å². The maximum Gasteiger partial charge on any atom is 0.154 e. The van der Waals surface area contributed by atoms with Gasteiger partial charge in [0.05, 0.1) is 26.7 Å². The molecule has 0 radical (unpaired) electrons. The van der Waals surface area contributed by atoms with E-state index >= 15 is 0 Å². The number of rotatable bonds is 5. The van der Waals surface area contributed by atoms with E-state index in [1.165, 1.54) is 0 Å². The first-order valence-corrected chi connectivity index (χ1v) is 7.71. The first-order valence-electron chi connectivity index (χ1n) is 5.24. The van der Waals surface area contributed by atoms with Crippen molar-refractivity contribution in [2.24, 2.45) is 0 Å². The molecule has 0 atom stereocenters. The van der Waals surface area contributed by atoms with Crippen LogP contribution >= 0.6 is 23.2 Å². The molecular formula is C11H15Cl2NO2S. The fourth-order valence-corrected chi connectivity index (χ4v) is 2.43. The molecule has 6 heteroatoms. The zero-order valence-corrected chi connectivity index (χ0v) is 12.0. The predicted molar refractivity (Wildman–Crippen MR) is 73.9 cm³/mol. The minimum absolute atomic E-state index is 0.0769. The topological polar surface area (TPSA) is 46.2 Å². The molecule has 1 rings (SSSR count). The molecule has 0 spiro atoms. The lowest BCUT2D eigenvalue weighted by atomic mass is 10.3. The van der Waals surface area contributed by atoms with Gasteiger partial charge in [0.2, 0.25) is 0 Å². The summed E-state index contributed by atoms with van der Waals surface area (Å²) >= 11 is 11.8. The van der Waals surface area contributed by atoms with Crippen molar-refractivity contribution in [3.8, 4) is 0 Å². The summed E-state index contributed by atoms with van der Waals surface area (Å²) in [6.45, 7) is 3.66. The normalized spacial score (nSPS) is 11.8. The van der Waals surface area contributed by atoms with Gasteiger partial charge in [0.25, 0.3) is 0 Å². The van der Waals surface area contributed by atoms with E-state index in [0.29, 0.717) is 22.3 Å². The van der Waals surface area contributed by atoms with Crippen molar-refractivity contribution in [2.45, 2.75) is 19.1 Å². The Hall–Kier alpha value is -0.450. The van der Waals surface area contributed by atoms with Gasteiger partial charge in [-0.25, -0.2) is 8.42 Å². The first kappa shape index (κ1) is 14.6. The number of nitrogens with one attached hydrogen (secondary N) is 1. The lowest BCUT2D eigenvalue weighted by molar-refractivity contribution is 0.588.